The Morgan fingerprint density at radius 2 is 1.67 bits per heavy atom. The van der Waals surface area contributed by atoms with Crippen LogP contribution in [0.3, 0.4) is 0 Å². The number of aryl methyl sites for hydroxylation is 2. The number of anilines is 1. The number of imide groups is 2. The zero-order valence-corrected chi connectivity index (χ0v) is 22.2. The maximum Gasteiger partial charge on any atom is 0.335 e. The number of carboxylic acid groups (broad SMARTS) is 1. The molecule has 0 radical (unpaired) electrons. The van der Waals surface area contributed by atoms with Crippen molar-refractivity contribution >= 4 is 47.2 Å². The summed E-state index contributed by atoms with van der Waals surface area (Å²) in [5, 5.41) is 11.4. The largest absolute Gasteiger partial charge is 0.490 e. The predicted octanol–water partition coefficient (Wildman–Crippen LogP) is 5.30. The third-order valence-electron chi connectivity index (χ3n) is 5.79. The second kappa shape index (κ2) is 11.4. The number of amides is 4. The molecule has 2 N–H and O–H groups in total. The first-order chi connectivity index (χ1) is 18.6. The zero-order chi connectivity index (χ0) is 28.3. The van der Waals surface area contributed by atoms with E-state index in [9.17, 15) is 19.2 Å². The fourth-order valence-corrected chi connectivity index (χ4v) is 4.39. The molecule has 0 aliphatic carbocycles. The molecule has 1 aliphatic heterocycles. The van der Waals surface area contributed by atoms with E-state index in [2.05, 4.69) is 5.32 Å². The molecule has 1 saturated heterocycles. The Morgan fingerprint density at radius 3 is 2.28 bits per heavy atom. The normalized spacial score (nSPS) is 14.4. The second-order valence-electron chi connectivity index (χ2n) is 8.86. The highest BCUT2D eigenvalue weighted by molar-refractivity contribution is 6.39. The minimum absolute atomic E-state index is 0.0913. The topological polar surface area (TPSA) is 122 Å². The highest BCUT2D eigenvalue weighted by atomic mass is 35.5. The van der Waals surface area contributed by atoms with E-state index < -0.39 is 23.8 Å². The lowest BCUT2D eigenvalue weighted by Crippen LogP contribution is -2.54. The Balaban J connectivity index is 1.64. The lowest BCUT2D eigenvalue weighted by molar-refractivity contribution is -0.122. The lowest BCUT2D eigenvalue weighted by atomic mass is 10.0. The minimum atomic E-state index is -1.03. The van der Waals surface area contributed by atoms with Gasteiger partial charge >= 0.3 is 12.0 Å². The summed E-state index contributed by atoms with van der Waals surface area (Å²) >= 11 is 6.51. The summed E-state index contributed by atoms with van der Waals surface area (Å²) in [5.74, 6) is -2.10. The molecule has 0 saturated carbocycles. The van der Waals surface area contributed by atoms with E-state index in [-0.39, 0.29) is 40.9 Å². The van der Waals surface area contributed by atoms with Gasteiger partial charge < -0.3 is 14.6 Å². The summed E-state index contributed by atoms with van der Waals surface area (Å²) in [4.78, 5) is 50.5. The van der Waals surface area contributed by atoms with Gasteiger partial charge in [-0.2, -0.15) is 0 Å². The molecule has 0 unspecified atom stereocenters. The smallest absolute Gasteiger partial charge is 0.335 e. The number of ether oxygens (including phenoxy) is 2. The standard InChI is InChI=1S/C29H25ClN2O7/c1-4-38-24-14-19(13-23(30)25(24)39-15-18-5-7-20(8-6-18)28(35)36)12-22-26(33)31-29(37)32(27(22)34)21-10-16(2)9-17(3)11-21/h5-14H,4,15H2,1-3H3,(H,35,36)(H,31,33,37)/b22-12+. The summed E-state index contributed by atoms with van der Waals surface area (Å²) in [7, 11) is 0. The van der Waals surface area contributed by atoms with E-state index in [0.29, 0.717) is 16.8 Å². The van der Waals surface area contributed by atoms with Gasteiger partial charge in [-0.25, -0.2) is 14.5 Å². The number of nitrogens with zero attached hydrogens (tertiary/aromatic N) is 1. The summed E-state index contributed by atoms with van der Waals surface area (Å²) in [6.45, 7) is 5.84. The summed E-state index contributed by atoms with van der Waals surface area (Å²) in [6.07, 6.45) is 1.34. The molecule has 4 rings (SSSR count). The van der Waals surface area contributed by atoms with Crippen molar-refractivity contribution < 1.29 is 33.8 Å². The third kappa shape index (κ3) is 6.10. The van der Waals surface area contributed by atoms with Crippen molar-refractivity contribution in [1.82, 2.24) is 5.32 Å². The number of hydrogen-bond donors (Lipinski definition) is 2. The zero-order valence-electron chi connectivity index (χ0n) is 21.4. The average molecular weight is 549 g/mol. The molecule has 3 aromatic carbocycles. The van der Waals surface area contributed by atoms with Crippen LogP contribution in [0.15, 0.2) is 60.2 Å². The number of benzene rings is 3. The molecular formula is C29H25ClN2O7. The molecule has 9 nitrogen and oxygen atoms in total. The Labute approximate surface area is 229 Å². The van der Waals surface area contributed by atoms with Crippen LogP contribution in [0, 0.1) is 13.8 Å². The number of barbiturate groups is 1. The number of hydrogen-bond acceptors (Lipinski definition) is 6. The molecule has 1 fully saturated rings. The fourth-order valence-electron chi connectivity index (χ4n) is 4.11. The fraction of sp³-hybridized carbons (Fsp3) is 0.172. The van der Waals surface area contributed by atoms with Gasteiger partial charge in [-0.1, -0.05) is 29.8 Å². The highest BCUT2D eigenvalue weighted by Crippen LogP contribution is 2.38. The summed E-state index contributed by atoms with van der Waals surface area (Å²) in [5.41, 5.74) is 3.06. The number of carboxylic acids is 1. The van der Waals surface area contributed by atoms with Crippen LogP contribution in [0.2, 0.25) is 5.02 Å². The number of nitrogens with one attached hydrogen (secondary N) is 1. The van der Waals surface area contributed by atoms with Crippen molar-refractivity contribution in [3.05, 3.63) is 93.0 Å². The molecule has 0 aromatic heterocycles. The molecule has 1 heterocycles. The van der Waals surface area contributed by atoms with Gasteiger partial charge in [0.15, 0.2) is 11.5 Å². The van der Waals surface area contributed by atoms with Crippen LogP contribution in [-0.4, -0.2) is 35.5 Å². The van der Waals surface area contributed by atoms with Gasteiger partial charge in [0.2, 0.25) is 0 Å². The van der Waals surface area contributed by atoms with Gasteiger partial charge in [0, 0.05) is 0 Å². The monoisotopic (exact) mass is 548 g/mol. The van der Waals surface area contributed by atoms with E-state index in [1.807, 2.05) is 19.9 Å². The number of rotatable bonds is 8. The van der Waals surface area contributed by atoms with Gasteiger partial charge in [-0.15, -0.1) is 0 Å². The Morgan fingerprint density at radius 1 is 1.00 bits per heavy atom. The van der Waals surface area contributed by atoms with Gasteiger partial charge in [0.25, 0.3) is 11.8 Å². The highest BCUT2D eigenvalue weighted by Gasteiger charge is 2.37. The average Bonchev–Trinajstić information content (AvgIpc) is 2.86. The maximum atomic E-state index is 13.3. The third-order valence-corrected chi connectivity index (χ3v) is 6.07. The molecule has 200 valence electrons. The molecule has 0 spiro atoms. The van der Waals surface area contributed by atoms with Crippen molar-refractivity contribution in [2.45, 2.75) is 27.4 Å². The number of carbonyl (C=O) groups excluding carboxylic acids is 3. The maximum absolute atomic E-state index is 13.3. The lowest BCUT2D eigenvalue weighted by Gasteiger charge is -2.27. The van der Waals surface area contributed by atoms with E-state index in [0.717, 1.165) is 16.0 Å². The quantitative estimate of drug-likeness (QED) is 0.289. The Kier molecular flexibility index (Phi) is 8.01. The molecule has 1 aliphatic rings. The summed E-state index contributed by atoms with van der Waals surface area (Å²) in [6, 6.07) is 13.7. The molecule has 3 aromatic rings. The Hall–Kier alpha value is -4.63. The molecular weight excluding hydrogens is 524 g/mol. The van der Waals surface area contributed by atoms with Gasteiger partial charge in [-0.3, -0.25) is 14.9 Å². The van der Waals surface area contributed by atoms with Crippen LogP contribution in [0.4, 0.5) is 10.5 Å². The molecule has 4 amide bonds. The molecule has 0 atom stereocenters. The second-order valence-corrected chi connectivity index (χ2v) is 9.26. The van der Waals surface area contributed by atoms with Crippen molar-refractivity contribution in [1.29, 1.82) is 0 Å². The first-order valence-electron chi connectivity index (χ1n) is 12.0. The van der Waals surface area contributed by atoms with Gasteiger partial charge in [0.1, 0.15) is 12.2 Å². The van der Waals surface area contributed by atoms with E-state index in [4.69, 9.17) is 26.2 Å². The molecule has 10 heteroatoms. The first-order valence-corrected chi connectivity index (χ1v) is 12.4. The molecule has 39 heavy (non-hydrogen) atoms. The van der Waals surface area contributed by atoms with E-state index in [1.165, 1.54) is 24.3 Å². The number of aromatic carboxylic acids is 1. The first kappa shape index (κ1) is 27.4. The van der Waals surface area contributed by atoms with Crippen molar-refractivity contribution in [3.8, 4) is 11.5 Å². The Bertz CT molecular complexity index is 1490. The summed E-state index contributed by atoms with van der Waals surface area (Å²) < 4.78 is 11.6. The number of urea groups is 1. The molecule has 0 bridgehead atoms. The van der Waals surface area contributed by atoms with Crippen LogP contribution in [0.5, 0.6) is 11.5 Å². The number of halogens is 1. The van der Waals surface area contributed by atoms with Crippen molar-refractivity contribution in [3.63, 3.8) is 0 Å². The van der Waals surface area contributed by atoms with Crippen LogP contribution >= 0.6 is 11.6 Å². The number of carbonyl (C=O) groups is 4. The van der Waals surface area contributed by atoms with Crippen LogP contribution in [0.25, 0.3) is 6.08 Å². The van der Waals surface area contributed by atoms with E-state index >= 15 is 0 Å². The van der Waals surface area contributed by atoms with Crippen LogP contribution in [-0.2, 0) is 16.2 Å². The van der Waals surface area contributed by atoms with E-state index in [1.54, 1.807) is 37.3 Å². The van der Waals surface area contributed by atoms with Crippen molar-refractivity contribution in [2.24, 2.45) is 0 Å². The predicted molar refractivity (Wildman–Crippen MR) is 145 cm³/mol. The van der Waals surface area contributed by atoms with Crippen LogP contribution in [0.1, 0.15) is 39.5 Å². The van der Waals surface area contributed by atoms with Crippen molar-refractivity contribution in [2.75, 3.05) is 11.5 Å². The minimum Gasteiger partial charge on any atom is -0.490 e. The SMILES string of the molecule is CCOc1cc(/C=C2\C(=O)NC(=O)N(c3cc(C)cc(C)c3)C2=O)cc(Cl)c1OCc1ccc(C(=O)O)cc1. The van der Waals surface area contributed by atoms with Crippen LogP contribution < -0.4 is 19.7 Å². The van der Waals surface area contributed by atoms with Gasteiger partial charge in [-0.05, 0) is 85.5 Å². The van der Waals surface area contributed by atoms with Gasteiger partial charge in [0.05, 0.1) is 22.9 Å².